The van der Waals surface area contributed by atoms with Crippen molar-refractivity contribution < 1.29 is 46.1 Å². The highest BCUT2D eigenvalue weighted by atomic mass is 32.2. The highest BCUT2D eigenvalue weighted by Gasteiger charge is 2.53. The number of hydrogen-bond acceptors (Lipinski definition) is 12. The molecule has 0 radical (unpaired) electrons. The Hall–Kier alpha value is -3.64. The number of aliphatic carboxylic acids is 1. The van der Waals surface area contributed by atoms with E-state index in [1.807, 2.05) is 0 Å². The number of carboxylic acids is 1. The third-order valence-electron chi connectivity index (χ3n) is 5.39. The summed E-state index contributed by atoms with van der Waals surface area (Å²) in [4.78, 5) is 46.4. The zero-order chi connectivity index (χ0) is 27.8. The number of oxime groups is 1. The number of thioether (sulfide) groups is 1. The van der Waals surface area contributed by atoms with Gasteiger partial charge in [0.2, 0.25) is 0 Å². The summed E-state index contributed by atoms with van der Waals surface area (Å²) in [5, 5.41) is 18.0. The molecule has 2 amide bonds. The number of hydrogen-bond donors (Lipinski definition) is 2. The van der Waals surface area contributed by atoms with Gasteiger partial charge in [-0.25, -0.2) is 18.0 Å². The van der Waals surface area contributed by atoms with Crippen LogP contribution in [0.2, 0.25) is 0 Å². The van der Waals surface area contributed by atoms with Gasteiger partial charge >= 0.3 is 6.61 Å². The molecule has 2 aromatic heterocycles. The number of amides is 2. The fourth-order valence-electron chi connectivity index (χ4n) is 3.71. The van der Waals surface area contributed by atoms with Gasteiger partial charge in [-0.1, -0.05) is 5.16 Å². The van der Waals surface area contributed by atoms with Gasteiger partial charge in [0.15, 0.2) is 39.6 Å². The van der Waals surface area contributed by atoms with Crippen LogP contribution in [-0.2, 0) is 35.6 Å². The highest BCUT2D eigenvalue weighted by molar-refractivity contribution is 8.00. The van der Waals surface area contributed by atoms with Gasteiger partial charge < -0.3 is 25.8 Å². The number of halogens is 2. The minimum Gasteiger partial charge on any atom is -0.543 e. The van der Waals surface area contributed by atoms with Gasteiger partial charge in [0.25, 0.3) is 11.8 Å². The second kappa shape index (κ2) is 10.6. The van der Waals surface area contributed by atoms with Crippen LogP contribution in [0.15, 0.2) is 51.2 Å². The third kappa shape index (κ3) is 5.60. The molecule has 0 spiro atoms. The number of carbonyl (C=O) groups excluding carboxylic acids is 3. The Balaban J connectivity index is 1.53. The lowest BCUT2D eigenvalue weighted by molar-refractivity contribution is -0.689. The summed E-state index contributed by atoms with van der Waals surface area (Å²) in [6, 6.07) is 1.53. The van der Waals surface area contributed by atoms with Gasteiger partial charge in [-0.15, -0.1) is 23.1 Å². The average Bonchev–Trinajstić information content (AvgIpc) is 3.27. The fraction of sp³-hybridized carbons (Fsp3) is 0.300. The van der Waals surface area contributed by atoms with Crippen molar-refractivity contribution >= 4 is 61.6 Å². The minimum atomic E-state index is -3.42. The summed E-state index contributed by atoms with van der Waals surface area (Å²) in [6.45, 7) is -3.29. The molecular formula is C20H18F2N6O7S3. The van der Waals surface area contributed by atoms with Crippen LogP contribution in [0, 0.1) is 0 Å². The van der Waals surface area contributed by atoms with Crippen molar-refractivity contribution in [1.82, 2.24) is 15.2 Å². The minimum absolute atomic E-state index is 0.0287. The molecule has 2 aliphatic heterocycles. The van der Waals surface area contributed by atoms with Crippen LogP contribution in [-0.4, -0.2) is 71.8 Å². The molecular weight excluding hydrogens is 570 g/mol. The summed E-state index contributed by atoms with van der Waals surface area (Å²) in [5.74, 6) is -3.29. The van der Waals surface area contributed by atoms with Gasteiger partial charge in [0, 0.05) is 35.1 Å². The van der Waals surface area contributed by atoms with Crippen LogP contribution in [0.3, 0.4) is 0 Å². The molecule has 0 saturated carbocycles. The molecule has 4 rings (SSSR count). The van der Waals surface area contributed by atoms with E-state index < -0.39 is 51.4 Å². The van der Waals surface area contributed by atoms with Crippen LogP contribution in [0.25, 0.3) is 0 Å². The lowest BCUT2D eigenvalue weighted by Gasteiger charge is -2.50. The Bertz CT molecular complexity index is 1460. The monoisotopic (exact) mass is 588 g/mol. The lowest BCUT2D eigenvalue weighted by Crippen LogP contribution is -2.71. The number of nitrogens with zero attached hydrogens (tertiary/aromatic N) is 4. The zero-order valence-corrected chi connectivity index (χ0v) is 21.7. The number of carbonyl (C=O) groups is 3. The van der Waals surface area contributed by atoms with Crippen molar-refractivity contribution in [2.75, 3.05) is 17.7 Å². The Labute approximate surface area is 221 Å². The molecule has 0 bridgehead atoms. The molecule has 2 aromatic rings. The van der Waals surface area contributed by atoms with Gasteiger partial charge in [-0.2, -0.15) is 8.78 Å². The zero-order valence-electron chi connectivity index (χ0n) is 19.2. The number of sulfone groups is 1. The van der Waals surface area contributed by atoms with E-state index in [-0.39, 0.29) is 33.7 Å². The maximum absolute atomic E-state index is 12.9. The topological polar surface area (TPSA) is 188 Å². The van der Waals surface area contributed by atoms with Crippen LogP contribution < -0.4 is 20.7 Å². The Morgan fingerprint density at radius 3 is 2.63 bits per heavy atom. The lowest BCUT2D eigenvalue weighted by atomic mass is 10.0. The van der Waals surface area contributed by atoms with Crippen LogP contribution in [0.5, 0.6) is 0 Å². The van der Waals surface area contributed by atoms with Gasteiger partial charge in [0.1, 0.15) is 17.1 Å². The molecule has 38 heavy (non-hydrogen) atoms. The van der Waals surface area contributed by atoms with E-state index in [2.05, 4.69) is 20.3 Å². The van der Waals surface area contributed by atoms with Gasteiger partial charge in [0.05, 0.1) is 16.6 Å². The van der Waals surface area contributed by atoms with E-state index in [0.717, 1.165) is 34.3 Å². The van der Waals surface area contributed by atoms with E-state index >= 15 is 0 Å². The second-order valence-corrected chi connectivity index (χ2v) is 12.0. The Morgan fingerprint density at radius 2 is 2.08 bits per heavy atom. The number of pyridine rings is 1. The number of anilines is 1. The number of rotatable bonds is 9. The molecule has 202 valence electrons. The summed E-state index contributed by atoms with van der Waals surface area (Å²) in [5.41, 5.74) is 4.69. The van der Waals surface area contributed by atoms with E-state index in [1.165, 1.54) is 29.9 Å². The van der Waals surface area contributed by atoms with Crippen LogP contribution in [0.1, 0.15) is 5.69 Å². The number of nitrogens with two attached hydrogens (primary N) is 1. The first-order valence-electron chi connectivity index (χ1n) is 10.5. The van der Waals surface area contributed by atoms with E-state index in [1.54, 1.807) is 4.57 Å². The number of nitrogen functional groups attached to an aromatic ring is 1. The second-order valence-electron chi connectivity index (χ2n) is 7.96. The van der Waals surface area contributed by atoms with Gasteiger partial charge in [-0.3, -0.25) is 14.5 Å². The van der Waals surface area contributed by atoms with Crippen molar-refractivity contribution in [3.05, 3.63) is 46.9 Å². The average molecular weight is 589 g/mol. The van der Waals surface area contributed by atoms with Gasteiger partial charge in [-0.05, 0) is 0 Å². The number of alkyl halides is 2. The summed E-state index contributed by atoms with van der Waals surface area (Å²) >= 11 is 2.08. The van der Waals surface area contributed by atoms with E-state index in [0.29, 0.717) is 5.57 Å². The van der Waals surface area contributed by atoms with Crippen molar-refractivity contribution in [2.45, 2.75) is 29.5 Å². The first-order chi connectivity index (χ1) is 17.9. The van der Waals surface area contributed by atoms with E-state index in [9.17, 15) is 36.7 Å². The summed E-state index contributed by atoms with van der Waals surface area (Å²) in [7, 11) is -3.42. The number of nitrogens with one attached hydrogen (secondary N) is 1. The maximum atomic E-state index is 12.9. The summed E-state index contributed by atoms with van der Waals surface area (Å²) in [6.07, 6.45) is 3.97. The smallest absolute Gasteiger partial charge is 0.407 e. The molecule has 1 saturated heterocycles. The molecule has 0 aliphatic carbocycles. The first kappa shape index (κ1) is 27.4. The van der Waals surface area contributed by atoms with Crippen LogP contribution in [0.4, 0.5) is 13.9 Å². The molecule has 2 atom stereocenters. The molecule has 2 aliphatic rings. The fourth-order valence-corrected chi connectivity index (χ4v) is 6.21. The standard InChI is InChI=1S/C20H18F2N6O7S3/c1-38(33,34)10-2-4-27(5-3-10)6-9-7-36-17-13(16(30)28(17)14(9)18(31)32)25-15(29)12(26-35-19(21)22)11-8-37-20(23)24-11/h2-5,8,13,17,19H,6-7H2,1H3,(H3-,23,24,25,29,31,32)/t13?,17-/m0/s1. The van der Waals surface area contributed by atoms with Crippen molar-refractivity contribution in [2.24, 2.45) is 5.16 Å². The van der Waals surface area contributed by atoms with Crippen LogP contribution >= 0.6 is 23.1 Å². The quantitative estimate of drug-likeness (QED) is 0.150. The number of carboxylic acid groups (broad SMARTS) is 1. The number of aromatic nitrogens is 2. The largest absolute Gasteiger partial charge is 0.543 e. The third-order valence-corrected chi connectivity index (χ3v) is 8.53. The Morgan fingerprint density at radius 1 is 1.39 bits per heavy atom. The molecule has 1 fully saturated rings. The first-order valence-corrected chi connectivity index (χ1v) is 14.3. The SMILES string of the molecule is CS(=O)(=O)c1cc[n+](CC2=C(C(=O)[O-])N3C(=O)C(NC(=O)C(=NOC(F)F)c4csc(N)n4)[C@@H]3SC2)cc1. The van der Waals surface area contributed by atoms with Crippen molar-refractivity contribution in [1.29, 1.82) is 0 Å². The highest BCUT2D eigenvalue weighted by Crippen LogP contribution is 2.40. The van der Waals surface area contributed by atoms with E-state index in [4.69, 9.17) is 5.73 Å². The molecule has 18 heteroatoms. The number of thiazole rings is 1. The predicted molar refractivity (Wildman–Crippen MR) is 127 cm³/mol. The number of fused-ring (bicyclic) bond motifs is 1. The molecule has 13 nitrogen and oxygen atoms in total. The molecule has 1 unspecified atom stereocenters. The number of β-lactam (4-membered cyclic amide) rings is 1. The normalized spacial score (nSPS) is 19.7. The maximum Gasteiger partial charge on any atom is 0.407 e. The Kier molecular flexibility index (Phi) is 7.65. The molecule has 0 aromatic carbocycles. The molecule has 4 heterocycles. The predicted octanol–water partition coefficient (Wildman–Crippen LogP) is -1.54. The van der Waals surface area contributed by atoms with Crippen molar-refractivity contribution in [3.8, 4) is 0 Å². The van der Waals surface area contributed by atoms with Crippen molar-refractivity contribution in [3.63, 3.8) is 0 Å². The molecule has 3 N–H and O–H groups in total. The summed E-state index contributed by atoms with van der Waals surface area (Å²) < 4.78 is 49.9.